The standard InChI is InChI=1S/C52H88O21/c1-21-32(57)37(62)41(72-44-39(64)34(59)25(56)20-67-44)46(68-21)71-30-13-15-50(7)29-11-10-28-49(6)14-12-22(48(4,5)73-45-40(65)36(61)35(60)27(18-53)70-45)31(49)23(54)16-51(28,8)52(29,9)17-26(42(50)47(30,2)3)69-43-38(63)33(58)24(55)19-66-43/h21-46,53-65H,10-20H2,1-9H3/t21-,22+,23-,24+,25+,26-,27+,28+,29+,30-,31+,32-,33-,34-,35+,36-,37+,38+,39+,40+,41+,42-,43-,44-,45-,46-,49+,50+,51+,52+/m0/s1. The number of aliphatic hydroxyl groups excluding tert-OH is 13. The molecule has 5 saturated carbocycles. The summed E-state index contributed by atoms with van der Waals surface area (Å²) in [7, 11) is 0. The van der Waals surface area contributed by atoms with E-state index in [-0.39, 0.29) is 48.2 Å². The average molecular weight is 1050 g/mol. The zero-order valence-electron chi connectivity index (χ0n) is 43.9. The molecule has 4 heterocycles. The molecule has 4 saturated heterocycles. The molecule has 9 aliphatic rings. The average Bonchev–Trinajstić information content (AvgIpc) is 3.70. The fourth-order valence-electron chi connectivity index (χ4n) is 17.7. The van der Waals surface area contributed by atoms with Gasteiger partial charge in [0.2, 0.25) is 0 Å². The Balaban J connectivity index is 1.02. The Labute approximate surface area is 428 Å². The van der Waals surface area contributed by atoms with Crippen LogP contribution in [0.1, 0.15) is 114 Å². The second-order valence-electron chi connectivity index (χ2n) is 26.0. The molecule has 9 fully saturated rings. The van der Waals surface area contributed by atoms with Gasteiger partial charge in [0.15, 0.2) is 25.2 Å². The van der Waals surface area contributed by atoms with E-state index in [1.165, 1.54) is 0 Å². The van der Waals surface area contributed by atoms with Crippen LogP contribution in [0.4, 0.5) is 0 Å². The van der Waals surface area contributed by atoms with E-state index in [9.17, 15) is 66.4 Å². The monoisotopic (exact) mass is 1050 g/mol. The Morgan fingerprint density at radius 1 is 0.534 bits per heavy atom. The smallest absolute Gasteiger partial charge is 0.187 e. The van der Waals surface area contributed by atoms with Crippen molar-refractivity contribution in [1.29, 1.82) is 0 Å². The summed E-state index contributed by atoms with van der Waals surface area (Å²) in [5, 5.41) is 141. The van der Waals surface area contributed by atoms with Crippen LogP contribution in [0, 0.1) is 56.7 Å². The minimum atomic E-state index is -1.69. The predicted molar refractivity (Wildman–Crippen MR) is 252 cm³/mol. The summed E-state index contributed by atoms with van der Waals surface area (Å²) in [5.41, 5.74) is -3.59. The lowest BCUT2D eigenvalue weighted by atomic mass is 9.31. The Morgan fingerprint density at radius 3 is 1.68 bits per heavy atom. The maximum Gasteiger partial charge on any atom is 0.187 e. The van der Waals surface area contributed by atoms with E-state index in [0.717, 1.165) is 19.3 Å². The first-order chi connectivity index (χ1) is 34.0. The van der Waals surface area contributed by atoms with Crippen LogP contribution < -0.4 is 0 Å². The van der Waals surface area contributed by atoms with E-state index in [4.69, 9.17) is 37.9 Å². The lowest BCUT2D eigenvalue weighted by Crippen LogP contribution is -2.72. The second kappa shape index (κ2) is 20.1. The number of hydrogen-bond donors (Lipinski definition) is 13. The van der Waals surface area contributed by atoms with Gasteiger partial charge in [-0.25, -0.2) is 0 Å². The van der Waals surface area contributed by atoms with Gasteiger partial charge in [0.05, 0.1) is 49.8 Å². The van der Waals surface area contributed by atoms with E-state index in [1.807, 2.05) is 13.8 Å². The third kappa shape index (κ3) is 9.03. The first kappa shape index (κ1) is 56.9. The van der Waals surface area contributed by atoms with E-state index in [2.05, 4.69) is 41.5 Å². The van der Waals surface area contributed by atoms with Gasteiger partial charge in [0, 0.05) is 0 Å². The molecule has 0 amide bonds. The van der Waals surface area contributed by atoms with E-state index in [1.54, 1.807) is 6.92 Å². The maximum absolute atomic E-state index is 12.8. The van der Waals surface area contributed by atoms with Gasteiger partial charge in [0.25, 0.3) is 0 Å². The van der Waals surface area contributed by atoms with Gasteiger partial charge in [-0.2, -0.15) is 0 Å². The number of fused-ring (bicyclic) bond motifs is 7. The van der Waals surface area contributed by atoms with Gasteiger partial charge in [-0.15, -0.1) is 0 Å². The highest BCUT2D eigenvalue weighted by atomic mass is 16.8. The normalized spacial score (nSPS) is 57.3. The molecule has 0 spiro atoms. The Hall–Kier alpha value is -0.840. The zero-order chi connectivity index (χ0) is 53.4. The van der Waals surface area contributed by atoms with Crippen LogP contribution in [0.15, 0.2) is 0 Å². The molecule has 5 aliphatic carbocycles. The van der Waals surface area contributed by atoms with Gasteiger partial charge < -0.3 is 104 Å². The van der Waals surface area contributed by atoms with Crippen molar-refractivity contribution in [3.63, 3.8) is 0 Å². The van der Waals surface area contributed by atoms with Crippen LogP contribution >= 0.6 is 0 Å². The summed E-state index contributed by atoms with van der Waals surface area (Å²) >= 11 is 0. The molecule has 30 atom stereocenters. The molecule has 0 radical (unpaired) electrons. The molecule has 4 aliphatic heterocycles. The van der Waals surface area contributed by atoms with Gasteiger partial charge >= 0.3 is 0 Å². The van der Waals surface area contributed by atoms with Gasteiger partial charge in [-0.1, -0.05) is 41.5 Å². The quantitative estimate of drug-likeness (QED) is 0.114. The summed E-state index contributed by atoms with van der Waals surface area (Å²) in [4.78, 5) is 0. The summed E-state index contributed by atoms with van der Waals surface area (Å²) in [5.74, 6) is -0.549. The van der Waals surface area contributed by atoms with Crippen molar-refractivity contribution in [3.05, 3.63) is 0 Å². The van der Waals surface area contributed by atoms with Gasteiger partial charge in [-0.3, -0.25) is 0 Å². The van der Waals surface area contributed by atoms with E-state index in [0.29, 0.717) is 32.1 Å². The molecule has 9 rings (SSSR count). The molecule has 0 aromatic rings. The van der Waals surface area contributed by atoms with Crippen molar-refractivity contribution < 1.29 is 104 Å². The molecular weight excluding hydrogens is 961 g/mol. The van der Waals surface area contributed by atoms with Crippen molar-refractivity contribution in [3.8, 4) is 0 Å². The maximum atomic E-state index is 12.8. The van der Waals surface area contributed by atoms with E-state index < -0.39 is 163 Å². The van der Waals surface area contributed by atoms with Gasteiger partial charge in [-0.05, 0) is 129 Å². The lowest BCUT2D eigenvalue weighted by Gasteiger charge is -2.75. The van der Waals surface area contributed by atoms with Crippen LogP contribution in [-0.2, 0) is 37.9 Å². The summed E-state index contributed by atoms with van der Waals surface area (Å²) in [6, 6.07) is 0. The van der Waals surface area contributed by atoms with Crippen molar-refractivity contribution >= 4 is 0 Å². The van der Waals surface area contributed by atoms with Crippen LogP contribution in [0.5, 0.6) is 0 Å². The Kier molecular flexibility index (Phi) is 15.6. The van der Waals surface area contributed by atoms with Crippen molar-refractivity contribution in [2.45, 2.75) is 248 Å². The molecule has 0 aromatic heterocycles. The van der Waals surface area contributed by atoms with Crippen LogP contribution in [0.3, 0.4) is 0 Å². The second-order valence-corrected chi connectivity index (χ2v) is 26.0. The van der Waals surface area contributed by atoms with Gasteiger partial charge in [0.1, 0.15) is 79.4 Å². The van der Waals surface area contributed by atoms with Crippen molar-refractivity contribution in [1.82, 2.24) is 0 Å². The molecule has 422 valence electrons. The first-order valence-corrected chi connectivity index (χ1v) is 26.9. The highest BCUT2D eigenvalue weighted by Crippen LogP contribution is 2.78. The fourth-order valence-corrected chi connectivity index (χ4v) is 17.7. The van der Waals surface area contributed by atoms with Crippen molar-refractivity contribution in [2.75, 3.05) is 19.8 Å². The molecule has 73 heavy (non-hydrogen) atoms. The molecule has 0 bridgehead atoms. The Bertz CT molecular complexity index is 1930. The lowest BCUT2D eigenvalue weighted by molar-refractivity contribution is -0.374. The molecular formula is C52H88O21. The summed E-state index contributed by atoms with van der Waals surface area (Å²) < 4.78 is 50.2. The SMILES string of the molecule is C[C@@H]1O[C@@H](O[C@H]2CC[C@]3(C)[C@H]4CC[C@@H]5[C@@]6(C)CC[C@@H](C(C)(C)O[C@@H]7O[C@H](CO)[C@@H](O)[C@H](O)[C@H]7O)[C@@H]6[C@@H](O)C[C@@]5(C)[C@]4(C)C[C@H](O[C@@H]4OC[C@@H](O)[C@H](O)[C@H]4O)[C@H]3C2(C)C)[C@H](O[C@@H]2OC[C@@H](O)[C@H](O)[C@H]2O)[C@H](O)[C@H]1O. The minimum absolute atomic E-state index is 0.0807. The highest BCUT2D eigenvalue weighted by Gasteiger charge is 2.75. The molecule has 13 N–H and O–H groups in total. The third-order valence-corrected chi connectivity index (χ3v) is 21.5. The number of hydrogen-bond acceptors (Lipinski definition) is 21. The van der Waals surface area contributed by atoms with Crippen LogP contribution in [0.2, 0.25) is 0 Å². The topological polar surface area (TPSA) is 337 Å². The minimum Gasteiger partial charge on any atom is -0.394 e. The van der Waals surface area contributed by atoms with Crippen LogP contribution in [0.25, 0.3) is 0 Å². The largest absolute Gasteiger partial charge is 0.394 e. The fraction of sp³-hybridized carbons (Fsp3) is 1.00. The third-order valence-electron chi connectivity index (χ3n) is 21.5. The zero-order valence-corrected chi connectivity index (χ0v) is 43.9. The molecule has 0 unspecified atom stereocenters. The predicted octanol–water partition coefficient (Wildman–Crippen LogP) is -1.24. The van der Waals surface area contributed by atoms with Crippen LogP contribution in [-0.4, -0.2) is 221 Å². The Morgan fingerprint density at radius 2 is 1.08 bits per heavy atom. The van der Waals surface area contributed by atoms with E-state index >= 15 is 0 Å². The van der Waals surface area contributed by atoms with Crippen molar-refractivity contribution in [2.24, 2.45) is 56.7 Å². The number of ether oxygens (including phenoxy) is 8. The number of aliphatic hydroxyl groups is 13. The summed E-state index contributed by atoms with van der Waals surface area (Å²) in [6.07, 6.45) is -22.4. The molecule has 0 aromatic carbocycles. The number of rotatable bonds is 10. The molecule has 21 nitrogen and oxygen atoms in total. The molecule has 21 heteroatoms. The highest BCUT2D eigenvalue weighted by molar-refractivity contribution is 5.23. The summed E-state index contributed by atoms with van der Waals surface area (Å²) in [6.45, 7) is 17.6. The first-order valence-electron chi connectivity index (χ1n) is 26.9.